The quantitative estimate of drug-likeness (QED) is 0.171. The molecule has 1 heterocycles. The molecule has 2 bridgehead atoms. The number of allylic oxidation sites excluding steroid dienone is 2. The van der Waals surface area contributed by atoms with E-state index in [1.165, 1.54) is 10.5 Å². The van der Waals surface area contributed by atoms with Crippen LogP contribution in [0.1, 0.15) is 24.5 Å². The number of halogens is 1. The number of amides is 2. The number of carbonyl (C=O) groups is 2. The Hall–Kier alpha value is -1.94. The molecule has 7 nitrogen and oxygen atoms in total. The molecule has 0 radical (unpaired) electrons. The van der Waals surface area contributed by atoms with E-state index in [2.05, 4.69) is 71.0 Å². The molecule has 1 aliphatic heterocycles. The molecule has 8 heteroatoms. The van der Waals surface area contributed by atoms with Crippen LogP contribution in [0.2, 0.25) is 0 Å². The Bertz CT molecular complexity index is 853. The lowest BCUT2D eigenvalue weighted by Crippen LogP contribution is -2.43. The number of likely N-dealkylation sites (tertiary alicyclic amines) is 1. The number of nitrogens with one attached hydrogen (secondary N) is 2. The minimum absolute atomic E-state index is 0. The molecular formula is C24H34IN5O2. The fraction of sp³-hybridized carbons (Fsp3) is 0.542. The van der Waals surface area contributed by atoms with Crippen molar-refractivity contribution in [1.82, 2.24) is 20.4 Å². The molecule has 174 valence electrons. The summed E-state index contributed by atoms with van der Waals surface area (Å²) in [5.74, 6) is 0.974. The number of benzene rings is 1. The molecule has 2 aliphatic carbocycles. The second kappa shape index (κ2) is 10.8. The maximum Gasteiger partial charge on any atom is 0.233 e. The Morgan fingerprint density at radius 1 is 1.03 bits per heavy atom. The zero-order valence-electron chi connectivity index (χ0n) is 19.1. The normalized spacial score (nSPS) is 26.0. The monoisotopic (exact) mass is 551 g/mol. The lowest BCUT2D eigenvalue weighted by atomic mass is 9.85. The third kappa shape index (κ3) is 5.17. The third-order valence-corrected chi connectivity index (χ3v) is 6.48. The van der Waals surface area contributed by atoms with Crippen LogP contribution in [0.15, 0.2) is 41.4 Å². The van der Waals surface area contributed by atoms with Crippen molar-refractivity contribution in [2.45, 2.75) is 26.4 Å². The molecular weight excluding hydrogens is 517 g/mol. The summed E-state index contributed by atoms with van der Waals surface area (Å²) in [5.41, 5.74) is 2.41. The van der Waals surface area contributed by atoms with E-state index in [9.17, 15) is 9.59 Å². The molecule has 32 heavy (non-hydrogen) atoms. The van der Waals surface area contributed by atoms with Gasteiger partial charge in [0.15, 0.2) is 5.96 Å². The van der Waals surface area contributed by atoms with Gasteiger partial charge < -0.3 is 15.5 Å². The summed E-state index contributed by atoms with van der Waals surface area (Å²) in [6, 6.07) is 8.48. The summed E-state index contributed by atoms with van der Waals surface area (Å²) in [6.45, 7) is 5.12. The number of rotatable bonds is 8. The summed E-state index contributed by atoms with van der Waals surface area (Å²) in [6.07, 6.45) is 5.22. The highest BCUT2D eigenvalue weighted by atomic mass is 127. The van der Waals surface area contributed by atoms with Crippen molar-refractivity contribution >= 4 is 41.8 Å². The van der Waals surface area contributed by atoms with Crippen LogP contribution in [-0.2, 0) is 22.7 Å². The minimum Gasteiger partial charge on any atom is -0.357 e. The second-order valence-electron chi connectivity index (χ2n) is 9.00. The fourth-order valence-corrected chi connectivity index (χ4v) is 5.10. The summed E-state index contributed by atoms with van der Waals surface area (Å²) >= 11 is 0. The molecule has 1 saturated heterocycles. The molecule has 4 rings (SSSR count). The van der Waals surface area contributed by atoms with Crippen molar-refractivity contribution in [3.8, 4) is 0 Å². The van der Waals surface area contributed by atoms with E-state index in [1.54, 1.807) is 0 Å². The highest BCUT2D eigenvalue weighted by molar-refractivity contribution is 14.0. The molecule has 2 amide bonds. The largest absolute Gasteiger partial charge is 0.357 e. The van der Waals surface area contributed by atoms with Crippen LogP contribution < -0.4 is 10.6 Å². The first-order chi connectivity index (χ1) is 15.0. The van der Waals surface area contributed by atoms with Crippen LogP contribution >= 0.6 is 24.0 Å². The molecule has 2 N–H and O–H groups in total. The van der Waals surface area contributed by atoms with Crippen LogP contribution in [0.4, 0.5) is 0 Å². The van der Waals surface area contributed by atoms with Gasteiger partial charge in [0.05, 0.1) is 18.4 Å². The number of nitrogens with zero attached hydrogens (tertiary/aromatic N) is 3. The van der Waals surface area contributed by atoms with E-state index in [-0.39, 0.29) is 59.5 Å². The van der Waals surface area contributed by atoms with E-state index < -0.39 is 0 Å². The maximum absolute atomic E-state index is 12.8. The van der Waals surface area contributed by atoms with E-state index in [0.29, 0.717) is 25.6 Å². The maximum atomic E-state index is 12.8. The van der Waals surface area contributed by atoms with Gasteiger partial charge in [0.2, 0.25) is 11.8 Å². The first-order valence-electron chi connectivity index (χ1n) is 11.3. The average Bonchev–Trinajstić information content (AvgIpc) is 3.42. The number of guanidine groups is 1. The minimum atomic E-state index is -0.125. The molecule has 2 fully saturated rings. The van der Waals surface area contributed by atoms with Crippen LogP contribution in [0.5, 0.6) is 0 Å². The first kappa shape index (κ1) is 24.7. The van der Waals surface area contributed by atoms with Crippen LogP contribution in [-0.4, -0.2) is 61.3 Å². The Kier molecular flexibility index (Phi) is 8.32. The van der Waals surface area contributed by atoms with Gasteiger partial charge in [-0.2, -0.15) is 0 Å². The highest BCUT2D eigenvalue weighted by Gasteiger charge is 2.58. The van der Waals surface area contributed by atoms with Gasteiger partial charge in [-0.3, -0.25) is 14.5 Å². The summed E-state index contributed by atoms with van der Waals surface area (Å²) in [5, 5.41) is 6.51. The van der Waals surface area contributed by atoms with E-state index in [4.69, 9.17) is 0 Å². The topological polar surface area (TPSA) is 77.0 Å². The molecule has 3 aliphatic rings. The number of aliphatic imine (C=N–C) groups is 1. The average molecular weight is 551 g/mol. The predicted octanol–water partition coefficient (Wildman–Crippen LogP) is 2.23. The number of imide groups is 1. The van der Waals surface area contributed by atoms with Crippen molar-refractivity contribution in [2.24, 2.45) is 28.7 Å². The Morgan fingerprint density at radius 3 is 2.19 bits per heavy atom. The van der Waals surface area contributed by atoms with Gasteiger partial charge in [-0.25, -0.2) is 4.99 Å². The van der Waals surface area contributed by atoms with Gasteiger partial charge in [0, 0.05) is 26.2 Å². The van der Waals surface area contributed by atoms with Crippen LogP contribution in [0, 0.1) is 23.7 Å². The van der Waals surface area contributed by atoms with Crippen LogP contribution in [0.25, 0.3) is 0 Å². The molecule has 1 aromatic rings. The Labute approximate surface area is 207 Å². The van der Waals surface area contributed by atoms with Crippen LogP contribution in [0.3, 0.4) is 0 Å². The van der Waals surface area contributed by atoms with Gasteiger partial charge in [-0.05, 0) is 50.4 Å². The van der Waals surface area contributed by atoms with Crippen molar-refractivity contribution in [3.63, 3.8) is 0 Å². The lowest BCUT2D eigenvalue weighted by Gasteiger charge is -2.18. The zero-order valence-corrected chi connectivity index (χ0v) is 21.4. The standard InChI is InChI=1S/C24H33N5O2.HI/c1-4-25-24(27-14-16-5-7-17(8-6-16)15-28(2)3)26-11-12-29-22(30)20-18-9-10-19(13-18)21(20)23(29)31;/h5-10,18-21H,4,11-15H2,1-3H3,(H2,25,26,27);1H. The van der Waals surface area contributed by atoms with Crippen molar-refractivity contribution in [3.05, 3.63) is 47.5 Å². The molecule has 1 saturated carbocycles. The van der Waals surface area contributed by atoms with Gasteiger partial charge in [-0.1, -0.05) is 36.4 Å². The number of hydrogen-bond donors (Lipinski definition) is 2. The van der Waals surface area contributed by atoms with E-state index in [0.717, 1.165) is 25.1 Å². The van der Waals surface area contributed by atoms with Crippen molar-refractivity contribution in [1.29, 1.82) is 0 Å². The van der Waals surface area contributed by atoms with Crippen molar-refractivity contribution in [2.75, 3.05) is 33.7 Å². The number of carbonyl (C=O) groups excluding carboxylic acids is 2. The number of fused-ring (bicyclic) bond motifs is 5. The summed E-state index contributed by atoms with van der Waals surface area (Å²) in [4.78, 5) is 33.8. The van der Waals surface area contributed by atoms with Gasteiger partial charge >= 0.3 is 0 Å². The highest BCUT2D eigenvalue weighted by Crippen LogP contribution is 2.52. The summed E-state index contributed by atoms with van der Waals surface area (Å²) < 4.78 is 0. The third-order valence-electron chi connectivity index (χ3n) is 6.48. The lowest BCUT2D eigenvalue weighted by molar-refractivity contribution is -0.140. The van der Waals surface area contributed by atoms with E-state index >= 15 is 0 Å². The van der Waals surface area contributed by atoms with Crippen molar-refractivity contribution < 1.29 is 9.59 Å². The molecule has 0 aromatic heterocycles. The first-order valence-corrected chi connectivity index (χ1v) is 11.3. The second-order valence-corrected chi connectivity index (χ2v) is 9.00. The number of hydrogen-bond acceptors (Lipinski definition) is 4. The predicted molar refractivity (Wildman–Crippen MR) is 137 cm³/mol. The van der Waals surface area contributed by atoms with Gasteiger partial charge in [0.1, 0.15) is 0 Å². The molecule has 1 aromatic carbocycles. The summed E-state index contributed by atoms with van der Waals surface area (Å²) in [7, 11) is 4.12. The Balaban J connectivity index is 0.00000289. The zero-order chi connectivity index (χ0) is 22.0. The van der Waals surface area contributed by atoms with E-state index in [1.807, 2.05) is 6.92 Å². The Morgan fingerprint density at radius 2 is 1.62 bits per heavy atom. The fourth-order valence-electron chi connectivity index (χ4n) is 5.10. The van der Waals surface area contributed by atoms with Gasteiger partial charge in [-0.15, -0.1) is 24.0 Å². The smallest absolute Gasteiger partial charge is 0.233 e. The molecule has 4 atom stereocenters. The molecule has 0 spiro atoms. The SMILES string of the molecule is CCNC(=NCc1ccc(CN(C)C)cc1)NCCN1C(=O)C2C3C=CC(C3)C2C1=O.I. The van der Waals surface area contributed by atoms with Gasteiger partial charge in [0.25, 0.3) is 0 Å². The molecule has 4 unspecified atom stereocenters.